The average Bonchev–Trinajstić information content (AvgIpc) is 3.56. The van der Waals surface area contributed by atoms with Gasteiger partial charge < -0.3 is 18.9 Å². The van der Waals surface area contributed by atoms with Crippen LogP contribution in [-0.2, 0) is 33.3 Å². The summed E-state index contributed by atoms with van der Waals surface area (Å²) < 4.78 is 24.3. The predicted molar refractivity (Wildman–Crippen MR) is 144 cm³/mol. The van der Waals surface area contributed by atoms with Crippen LogP contribution in [0.25, 0.3) is 10.7 Å². The summed E-state index contributed by atoms with van der Waals surface area (Å²) in [4.78, 5) is 40.9. The molecule has 1 fully saturated rings. The summed E-state index contributed by atoms with van der Waals surface area (Å²) in [5.41, 5.74) is -0.420. The molecule has 1 aromatic carbocycles. The van der Waals surface area contributed by atoms with E-state index in [1.54, 1.807) is 17.8 Å². The number of hydrogen-bond donors (Lipinski definition) is 0. The van der Waals surface area contributed by atoms with Crippen LogP contribution in [0.5, 0.6) is 0 Å². The SMILES string of the molecule is CC(=O)OCC1O[C@H](Sc2cc(Cl)c(C#N)c(Cl)c2)C(OC(C)=O)C(n2cc(-c3nccs3)nn2)[C@H]1OC(C)=O. The van der Waals surface area contributed by atoms with Gasteiger partial charge in [0.05, 0.1) is 21.8 Å². The molecule has 0 radical (unpaired) electrons. The van der Waals surface area contributed by atoms with Crippen molar-refractivity contribution < 1.29 is 33.3 Å². The number of esters is 3. The van der Waals surface area contributed by atoms with Gasteiger partial charge in [-0.05, 0) is 12.1 Å². The van der Waals surface area contributed by atoms with Gasteiger partial charge in [0.2, 0.25) is 0 Å². The van der Waals surface area contributed by atoms with E-state index in [-0.39, 0.29) is 22.2 Å². The molecule has 40 heavy (non-hydrogen) atoms. The summed E-state index contributed by atoms with van der Waals surface area (Å²) >= 11 is 14.9. The van der Waals surface area contributed by atoms with E-state index in [0.29, 0.717) is 15.6 Å². The third-order valence-electron chi connectivity index (χ3n) is 5.52. The van der Waals surface area contributed by atoms with Gasteiger partial charge in [-0.2, -0.15) is 5.26 Å². The van der Waals surface area contributed by atoms with Gasteiger partial charge in [-0.15, -0.1) is 16.4 Å². The zero-order valence-electron chi connectivity index (χ0n) is 21.1. The molecule has 1 aliphatic rings. The number of nitrogens with zero attached hydrogens (tertiary/aromatic N) is 5. The molecule has 0 aliphatic carbocycles. The van der Waals surface area contributed by atoms with Crippen molar-refractivity contribution in [3.63, 3.8) is 0 Å². The van der Waals surface area contributed by atoms with Gasteiger partial charge >= 0.3 is 17.9 Å². The van der Waals surface area contributed by atoms with Gasteiger partial charge in [0.1, 0.15) is 41.0 Å². The summed E-state index contributed by atoms with van der Waals surface area (Å²) in [5.74, 6) is -1.86. The molecule has 0 N–H and O–H groups in total. The monoisotopic (exact) mass is 625 g/mol. The minimum Gasteiger partial charge on any atom is -0.463 e. The van der Waals surface area contributed by atoms with Crippen LogP contribution in [0.15, 0.2) is 34.8 Å². The molecule has 2 aromatic heterocycles. The Morgan fingerprint density at radius 2 is 1.80 bits per heavy atom. The molecule has 3 heterocycles. The molecule has 16 heteroatoms. The first-order valence-electron chi connectivity index (χ1n) is 11.6. The number of rotatable bonds is 8. The summed E-state index contributed by atoms with van der Waals surface area (Å²) in [5, 5.41) is 20.3. The number of thioether (sulfide) groups is 1. The van der Waals surface area contributed by atoms with Crippen molar-refractivity contribution in [3.05, 3.63) is 45.5 Å². The Morgan fingerprint density at radius 1 is 1.12 bits per heavy atom. The zero-order valence-corrected chi connectivity index (χ0v) is 24.3. The van der Waals surface area contributed by atoms with Crippen LogP contribution < -0.4 is 0 Å². The molecule has 3 aromatic rings. The Morgan fingerprint density at radius 3 is 2.38 bits per heavy atom. The third-order valence-corrected chi connectivity index (χ3v) is 8.03. The molecule has 0 saturated carbocycles. The lowest BCUT2D eigenvalue weighted by molar-refractivity contribution is -0.212. The van der Waals surface area contributed by atoms with E-state index < -0.39 is 47.7 Å². The van der Waals surface area contributed by atoms with E-state index in [0.717, 1.165) is 11.8 Å². The molecule has 5 atom stereocenters. The van der Waals surface area contributed by atoms with Crippen LogP contribution in [0.2, 0.25) is 10.0 Å². The fourth-order valence-electron chi connectivity index (χ4n) is 4.01. The van der Waals surface area contributed by atoms with Crippen molar-refractivity contribution in [1.82, 2.24) is 20.0 Å². The molecular formula is C24H21Cl2N5O7S2. The van der Waals surface area contributed by atoms with Gasteiger partial charge in [-0.25, -0.2) is 9.67 Å². The second-order valence-electron chi connectivity index (χ2n) is 8.40. The highest BCUT2D eigenvalue weighted by Crippen LogP contribution is 2.43. The first kappa shape index (κ1) is 29.8. The Hall–Kier alpha value is -3.22. The van der Waals surface area contributed by atoms with Gasteiger partial charge in [0.15, 0.2) is 12.2 Å². The highest BCUT2D eigenvalue weighted by molar-refractivity contribution is 7.99. The van der Waals surface area contributed by atoms with Crippen LogP contribution in [0.4, 0.5) is 0 Å². The standard InChI is InChI=1S/C24H21Cl2N5O7S2/c1-11(32)35-10-19-21(36-12(2)33)20(31-9-18(29-30-31)23-28-4-5-39-23)22(37-13(3)34)24(38-19)40-14-6-16(25)15(8-27)17(26)7-14/h4-7,9,19-22,24H,10H2,1-3H3/t19?,20?,21-,22?,24+/m0/s1. The quantitative estimate of drug-likeness (QED) is 0.261. The van der Waals surface area contributed by atoms with Crippen LogP contribution in [-0.4, -0.2) is 68.2 Å². The van der Waals surface area contributed by atoms with E-state index >= 15 is 0 Å². The third kappa shape index (κ3) is 6.91. The van der Waals surface area contributed by atoms with Gasteiger partial charge in [0.25, 0.3) is 0 Å². The first-order chi connectivity index (χ1) is 19.1. The van der Waals surface area contributed by atoms with E-state index in [9.17, 15) is 19.6 Å². The number of halogens is 2. The normalized spacial score (nSPS) is 22.2. The number of hydrogen-bond acceptors (Lipinski definition) is 13. The lowest BCUT2D eigenvalue weighted by Crippen LogP contribution is -2.57. The number of carbonyl (C=O) groups excluding carboxylic acids is 3. The van der Waals surface area contributed by atoms with Crippen molar-refractivity contribution in [2.24, 2.45) is 0 Å². The fraction of sp³-hybridized carbons (Fsp3) is 0.375. The smallest absolute Gasteiger partial charge is 0.303 e. The second-order valence-corrected chi connectivity index (χ2v) is 11.3. The minimum atomic E-state index is -1.11. The molecule has 3 unspecified atom stereocenters. The number of carbonyl (C=O) groups is 3. The fourth-order valence-corrected chi connectivity index (χ4v) is 6.48. The lowest BCUT2D eigenvalue weighted by atomic mass is 9.96. The largest absolute Gasteiger partial charge is 0.463 e. The molecule has 12 nitrogen and oxygen atoms in total. The van der Waals surface area contributed by atoms with E-state index in [1.807, 2.05) is 6.07 Å². The maximum absolute atomic E-state index is 12.3. The van der Waals surface area contributed by atoms with Crippen molar-refractivity contribution in [1.29, 1.82) is 5.26 Å². The van der Waals surface area contributed by atoms with E-state index in [2.05, 4.69) is 15.3 Å². The Kier molecular flexibility index (Phi) is 9.64. The molecule has 1 saturated heterocycles. The van der Waals surface area contributed by atoms with Crippen molar-refractivity contribution >= 4 is 64.2 Å². The summed E-state index contributed by atoms with van der Waals surface area (Å²) in [6.45, 7) is 3.39. The molecule has 0 bridgehead atoms. The highest BCUT2D eigenvalue weighted by Gasteiger charge is 2.52. The Labute approximate surface area is 246 Å². The topological polar surface area (TPSA) is 156 Å². The summed E-state index contributed by atoms with van der Waals surface area (Å²) in [6, 6.07) is 4.01. The van der Waals surface area contributed by atoms with Crippen LogP contribution in [0.3, 0.4) is 0 Å². The predicted octanol–water partition coefficient (Wildman–Crippen LogP) is 4.06. The Balaban J connectivity index is 1.80. The maximum atomic E-state index is 12.3. The molecule has 1 aliphatic heterocycles. The van der Waals surface area contributed by atoms with Crippen molar-refractivity contribution in [3.8, 4) is 16.8 Å². The average molecular weight is 627 g/mol. The molecular weight excluding hydrogens is 605 g/mol. The summed E-state index contributed by atoms with van der Waals surface area (Å²) in [7, 11) is 0. The van der Waals surface area contributed by atoms with E-state index in [4.69, 9.17) is 42.1 Å². The van der Waals surface area contributed by atoms with Crippen LogP contribution in [0, 0.1) is 11.3 Å². The number of benzene rings is 1. The molecule has 0 spiro atoms. The molecule has 210 valence electrons. The van der Waals surface area contributed by atoms with Crippen molar-refractivity contribution in [2.75, 3.05) is 6.61 Å². The number of aromatic nitrogens is 4. The van der Waals surface area contributed by atoms with Gasteiger partial charge in [-0.1, -0.05) is 40.2 Å². The highest BCUT2D eigenvalue weighted by atomic mass is 35.5. The molecule has 4 rings (SSSR count). The Bertz CT molecular complexity index is 1420. The van der Waals surface area contributed by atoms with Crippen LogP contribution in [0.1, 0.15) is 32.4 Å². The van der Waals surface area contributed by atoms with Crippen molar-refractivity contribution in [2.45, 2.75) is 55.5 Å². The number of ether oxygens (including phenoxy) is 4. The lowest BCUT2D eigenvalue weighted by Gasteiger charge is -2.44. The number of thiazole rings is 1. The molecule has 0 amide bonds. The van der Waals surface area contributed by atoms with Gasteiger partial charge in [-0.3, -0.25) is 14.4 Å². The zero-order chi connectivity index (χ0) is 29.0. The van der Waals surface area contributed by atoms with E-state index in [1.165, 1.54) is 48.9 Å². The van der Waals surface area contributed by atoms with Gasteiger partial charge in [0, 0.05) is 37.2 Å². The second kappa shape index (κ2) is 13.0. The number of nitriles is 1. The summed E-state index contributed by atoms with van der Waals surface area (Å²) in [6.07, 6.45) is -0.00984. The minimum absolute atomic E-state index is 0.103. The van der Waals surface area contributed by atoms with Crippen LogP contribution >= 0.6 is 46.3 Å². The first-order valence-corrected chi connectivity index (χ1v) is 14.1. The maximum Gasteiger partial charge on any atom is 0.303 e.